The second kappa shape index (κ2) is 4.10. The van der Waals surface area contributed by atoms with Gasteiger partial charge in [0, 0.05) is 12.1 Å². The number of hydrogen-bond donors (Lipinski definition) is 2. The molecule has 0 spiro atoms. The number of carbonyl (C=O) groups is 1. The molecule has 114 valence electrons. The van der Waals surface area contributed by atoms with E-state index in [2.05, 4.69) is 4.72 Å². The number of aromatic carboxylic acids is 1. The molecule has 7 heteroatoms. The molecule has 1 aromatic heterocycles. The van der Waals surface area contributed by atoms with Gasteiger partial charge in [0.25, 0.3) is 0 Å². The van der Waals surface area contributed by atoms with E-state index >= 15 is 0 Å². The Kier molecular flexibility index (Phi) is 2.60. The third-order valence-corrected chi connectivity index (χ3v) is 6.97. The quantitative estimate of drug-likeness (QED) is 0.880. The van der Waals surface area contributed by atoms with Crippen molar-refractivity contribution in [3.05, 3.63) is 17.6 Å². The molecule has 3 fully saturated rings. The number of carboxylic acids is 1. The minimum Gasteiger partial charge on any atom is -0.475 e. The minimum atomic E-state index is -3.71. The highest BCUT2D eigenvalue weighted by atomic mass is 32.2. The first-order valence-electron chi connectivity index (χ1n) is 7.24. The van der Waals surface area contributed by atoms with E-state index in [-0.39, 0.29) is 22.5 Å². The van der Waals surface area contributed by atoms with Gasteiger partial charge < -0.3 is 9.52 Å². The second-order valence-corrected chi connectivity index (χ2v) is 8.15. The summed E-state index contributed by atoms with van der Waals surface area (Å²) in [5.41, 5.74) is 0. The van der Waals surface area contributed by atoms with Crippen LogP contribution in [0.25, 0.3) is 0 Å². The van der Waals surface area contributed by atoms with Crippen LogP contribution < -0.4 is 4.72 Å². The van der Waals surface area contributed by atoms with E-state index in [1.165, 1.54) is 26.2 Å². The highest BCUT2D eigenvalue weighted by molar-refractivity contribution is 7.89. The molecule has 0 saturated heterocycles. The van der Waals surface area contributed by atoms with Gasteiger partial charge >= 0.3 is 5.97 Å². The molecule has 3 aliphatic carbocycles. The Labute approximate surface area is 122 Å². The number of sulfonamides is 1. The van der Waals surface area contributed by atoms with Crippen LogP contribution in [0.4, 0.5) is 0 Å². The molecule has 0 aliphatic heterocycles. The van der Waals surface area contributed by atoms with Gasteiger partial charge in [-0.1, -0.05) is 0 Å². The lowest BCUT2D eigenvalue weighted by atomic mass is 10.0. The minimum absolute atomic E-state index is 0.0313. The molecule has 0 aromatic carbocycles. The standard InChI is InChI=1S/C14H17NO5S/c1-6-10(5-9(20-6)14(16)17)21(18,19)15-13-11-7-2-3-8(4-7)12(11)13/h5,7-8,11-13,15H,2-4H2,1H3,(H,16,17). The molecule has 4 rings (SSSR count). The predicted octanol–water partition coefficient (Wildman–Crippen LogP) is 1.61. The molecule has 6 nitrogen and oxygen atoms in total. The van der Waals surface area contributed by atoms with E-state index < -0.39 is 16.0 Å². The number of nitrogens with one attached hydrogen (secondary N) is 1. The molecule has 0 radical (unpaired) electrons. The predicted molar refractivity (Wildman–Crippen MR) is 72.3 cm³/mol. The molecule has 1 heterocycles. The van der Waals surface area contributed by atoms with Gasteiger partial charge in [-0.25, -0.2) is 17.9 Å². The smallest absolute Gasteiger partial charge is 0.371 e. The van der Waals surface area contributed by atoms with Crippen molar-refractivity contribution in [2.24, 2.45) is 23.7 Å². The highest BCUT2D eigenvalue weighted by Gasteiger charge is 2.65. The van der Waals surface area contributed by atoms with Crippen LogP contribution in [0.3, 0.4) is 0 Å². The van der Waals surface area contributed by atoms with Gasteiger partial charge in [0.1, 0.15) is 10.7 Å². The van der Waals surface area contributed by atoms with E-state index in [0.717, 1.165) is 6.07 Å². The summed E-state index contributed by atoms with van der Waals surface area (Å²) in [7, 11) is -3.71. The van der Waals surface area contributed by atoms with Crippen LogP contribution in [0.15, 0.2) is 15.4 Å². The summed E-state index contributed by atoms with van der Waals surface area (Å²) in [6.45, 7) is 1.47. The van der Waals surface area contributed by atoms with Crippen LogP contribution in [0.5, 0.6) is 0 Å². The van der Waals surface area contributed by atoms with Crippen LogP contribution in [-0.2, 0) is 10.0 Å². The van der Waals surface area contributed by atoms with E-state index in [4.69, 9.17) is 9.52 Å². The first kappa shape index (κ1) is 13.3. The SMILES string of the molecule is Cc1oc(C(=O)O)cc1S(=O)(=O)NC1C2C3CCC(C3)C12. The molecule has 4 atom stereocenters. The van der Waals surface area contributed by atoms with Crippen molar-refractivity contribution in [3.8, 4) is 0 Å². The van der Waals surface area contributed by atoms with E-state index in [0.29, 0.717) is 23.7 Å². The Morgan fingerprint density at radius 3 is 2.48 bits per heavy atom. The third-order valence-electron chi connectivity index (χ3n) is 5.40. The molecule has 21 heavy (non-hydrogen) atoms. The van der Waals surface area contributed by atoms with Gasteiger partial charge in [-0.2, -0.15) is 0 Å². The maximum absolute atomic E-state index is 12.4. The van der Waals surface area contributed by atoms with Crippen molar-refractivity contribution < 1.29 is 22.7 Å². The molecule has 3 aliphatic rings. The van der Waals surface area contributed by atoms with Crippen LogP contribution in [-0.4, -0.2) is 25.5 Å². The van der Waals surface area contributed by atoms with Gasteiger partial charge in [0.05, 0.1) is 0 Å². The zero-order valence-corrected chi connectivity index (χ0v) is 12.4. The number of fused-ring (bicyclic) bond motifs is 5. The Morgan fingerprint density at radius 1 is 1.33 bits per heavy atom. The van der Waals surface area contributed by atoms with Crippen molar-refractivity contribution in [1.82, 2.24) is 4.72 Å². The molecule has 4 unspecified atom stereocenters. The molecule has 1 aromatic rings. The van der Waals surface area contributed by atoms with Gasteiger partial charge in [-0.05, 0) is 49.9 Å². The van der Waals surface area contributed by atoms with Gasteiger partial charge in [-0.3, -0.25) is 0 Å². The third kappa shape index (κ3) is 1.87. The Morgan fingerprint density at radius 2 is 1.95 bits per heavy atom. The summed E-state index contributed by atoms with van der Waals surface area (Å²) < 4.78 is 32.6. The summed E-state index contributed by atoms with van der Waals surface area (Å²) in [5, 5.41) is 8.88. The van der Waals surface area contributed by atoms with Crippen molar-refractivity contribution in [3.63, 3.8) is 0 Å². The Hall–Kier alpha value is -1.34. The van der Waals surface area contributed by atoms with E-state index in [1.807, 2.05) is 0 Å². The zero-order valence-electron chi connectivity index (χ0n) is 11.6. The van der Waals surface area contributed by atoms with Gasteiger partial charge in [0.2, 0.25) is 15.8 Å². The maximum Gasteiger partial charge on any atom is 0.371 e. The topological polar surface area (TPSA) is 96.6 Å². The number of furan rings is 1. The fourth-order valence-electron chi connectivity index (χ4n) is 4.56. The summed E-state index contributed by atoms with van der Waals surface area (Å²) in [6, 6.07) is 1.12. The molecule has 3 saturated carbocycles. The monoisotopic (exact) mass is 311 g/mol. The molecular weight excluding hydrogens is 294 g/mol. The first-order chi connectivity index (χ1) is 9.88. The van der Waals surface area contributed by atoms with Gasteiger partial charge in [-0.15, -0.1) is 0 Å². The number of carboxylic acid groups (broad SMARTS) is 1. The molecule has 0 amide bonds. The van der Waals surface area contributed by atoms with Crippen LogP contribution in [0, 0.1) is 30.6 Å². The van der Waals surface area contributed by atoms with Crippen molar-refractivity contribution >= 4 is 16.0 Å². The van der Waals surface area contributed by atoms with E-state index in [1.54, 1.807) is 0 Å². The summed E-state index contributed by atoms with van der Waals surface area (Å²) in [6.07, 6.45) is 3.69. The first-order valence-corrected chi connectivity index (χ1v) is 8.73. The molecule has 2 N–H and O–H groups in total. The lowest BCUT2D eigenvalue weighted by Crippen LogP contribution is -2.30. The second-order valence-electron chi connectivity index (χ2n) is 6.47. The lowest BCUT2D eigenvalue weighted by Gasteiger charge is -2.10. The van der Waals surface area contributed by atoms with Gasteiger partial charge in [0.15, 0.2) is 0 Å². The largest absolute Gasteiger partial charge is 0.475 e. The fraction of sp³-hybridized carbons (Fsp3) is 0.643. The summed E-state index contributed by atoms with van der Waals surface area (Å²) in [4.78, 5) is 10.8. The molecular formula is C14H17NO5S. The number of rotatable bonds is 4. The van der Waals surface area contributed by atoms with Crippen LogP contribution >= 0.6 is 0 Å². The average Bonchev–Trinajstić information content (AvgIpc) is 2.83. The number of aryl methyl sites for hydroxylation is 1. The molecule has 2 bridgehead atoms. The lowest BCUT2D eigenvalue weighted by molar-refractivity contribution is 0.0661. The summed E-state index contributed by atoms with van der Waals surface area (Å²) >= 11 is 0. The number of hydrogen-bond acceptors (Lipinski definition) is 4. The van der Waals surface area contributed by atoms with Crippen molar-refractivity contribution in [2.75, 3.05) is 0 Å². The Bertz CT molecular complexity index is 706. The maximum atomic E-state index is 12.4. The van der Waals surface area contributed by atoms with E-state index in [9.17, 15) is 13.2 Å². The average molecular weight is 311 g/mol. The van der Waals surface area contributed by atoms with Crippen molar-refractivity contribution in [2.45, 2.75) is 37.1 Å². The zero-order chi connectivity index (χ0) is 14.9. The van der Waals surface area contributed by atoms with Crippen LogP contribution in [0.1, 0.15) is 35.6 Å². The van der Waals surface area contributed by atoms with Crippen LogP contribution in [0.2, 0.25) is 0 Å². The highest BCUT2D eigenvalue weighted by Crippen LogP contribution is 2.65. The normalized spacial score (nSPS) is 36.7. The Balaban J connectivity index is 1.56. The van der Waals surface area contributed by atoms with Crippen molar-refractivity contribution in [1.29, 1.82) is 0 Å². The fourth-order valence-corrected chi connectivity index (χ4v) is 6.05. The summed E-state index contributed by atoms with van der Waals surface area (Å²) in [5.74, 6) is 0.841.